The fraction of sp³-hybridized carbons (Fsp3) is 0.143. The molecule has 3 nitrogen and oxygen atoms in total. The second-order valence-electron chi connectivity index (χ2n) is 2.15. The Balaban J connectivity index is 0.000000261. The van der Waals surface area contributed by atoms with Crippen LogP contribution in [0, 0.1) is 6.92 Å². The molecule has 0 aliphatic rings. The average Bonchev–Trinajstić information content (AvgIpc) is 1.84. The standard InChI is InChI=1S/C7H7Cl.BH3O3/c1-6-3-2-4-7(8)5-6;2-1(3)4/h2-5H,1H3;2-4H. The van der Waals surface area contributed by atoms with E-state index >= 15 is 0 Å². The molecule has 0 saturated carbocycles. The van der Waals surface area contributed by atoms with Crippen LogP contribution in [0.4, 0.5) is 0 Å². The van der Waals surface area contributed by atoms with Crippen LogP contribution < -0.4 is 0 Å². The van der Waals surface area contributed by atoms with E-state index in [0.29, 0.717) is 0 Å². The van der Waals surface area contributed by atoms with Crippen molar-refractivity contribution in [2.45, 2.75) is 6.92 Å². The SMILES string of the molecule is Cc1cccc(Cl)c1.OB(O)O. The van der Waals surface area contributed by atoms with Gasteiger partial charge >= 0.3 is 7.32 Å². The minimum Gasteiger partial charge on any atom is -0.402 e. The van der Waals surface area contributed by atoms with Crippen molar-refractivity contribution in [2.75, 3.05) is 0 Å². The highest BCUT2D eigenvalue weighted by atomic mass is 35.5. The molecule has 3 N–H and O–H groups in total. The van der Waals surface area contributed by atoms with Crippen molar-refractivity contribution in [2.24, 2.45) is 0 Å². The number of benzene rings is 1. The molecule has 0 radical (unpaired) electrons. The minimum absolute atomic E-state index is 0.810. The summed E-state index contributed by atoms with van der Waals surface area (Å²) >= 11 is 5.64. The number of hydrogen-bond acceptors (Lipinski definition) is 3. The lowest BCUT2D eigenvalue weighted by molar-refractivity contribution is 0.278. The summed E-state index contributed by atoms with van der Waals surface area (Å²) in [6, 6.07) is 7.76. The first kappa shape index (κ1) is 11.5. The quantitative estimate of drug-likeness (QED) is 0.523. The average molecular weight is 188 g/mol. The zero-order valence-corrected chi connectivity index (χ0v) is 7.36. The third-order valence-electron chi connectivity index (χ3n) is 0.980. The van der Waals surface area contributed by atoms with Crippen LogP contribution >= 0.6 is 11.6 Å². The Labute approximate surface area is 76.4 Å². The lowest BCUT2D eigenvalue weighted by Gasteiger charge is -1.88. The van der Waals surface area contributed by atoms with Crippen molar-refractivity contribution < 1.29 is 15.1 Å². The fourth-order valence-corrected chi connectivity index (χ4v) is 0.850. The first-order chi connectivity index (χ1) is 5.52. The van der Waals surface area contributed by atoms with E-state index in [1.165, 1.54) is 5.56 Å². The van der Waals surface area contributed by atoms with Gasteiger partial charge in [-0.25, -0.2) is 0 Å². The molecule has 0 aliphatic heterocycles. The summed E-state index contributed by atoms with van der Waals surface area (Å²) in [7, 11) is -2.17. The largest absolute Gasteiger partial charge is 0.631 e. The van der Waals surface area contributed by atoms with Gasteiger partial charge in [0, 0.05) is 5.02 Å². The van der Waals surface area contributed by atoms with E-state index in [0.717, 1.165) is 5.02 Å². The van der Waals surface area contributed by atoms with Crippen LogP contribution in [0.5, 0.6) is 0 Å². The van der Waals surface area contributed by atoms with Gasteiger partial charge in [0.15, 0.2) is 0 Å². The summed E-state index contributed by atoms with van der Waals surface area (Å²) in [5.74, 6) is 0. The molecule has 0 bridgehead atoms. The molecule has 1 aromatic rings. The summed E-state index contributed by atoms with van der Waals surface area (Å²) in [5, 5.41) is 22.3. The highest BCUT2D eigenvalue weighted by Crippen LogP contribution is 2.08. The molecule has 0 atom stereocenters. The van der Waals surface area contributed by atoms with Gasteiger partial charge in [-0.15, -0.1) is 0 Å². The maximum absolute atomic E-state index is 7.17. The summed E-state index contributed by atoms with van der Waals surface area (Å²) < 4.78 is 0. The van der Waals surface area contributed by atoms with E-state index in [4.69, 9.17) is 26.7 Å². The summed E-state index contributed by atoms with van der Waals surface area (Å²) in [6.07, 6.45) is 0. The molecule has 12 heavy (non-hydrogen) atoms. The van der Waals surface area contributed by atoms with Gasteiger partial charge < -0.3 is 15.1 Å². The summed E-state index contributed by atoms with van der Waals surface area (Å²) in [4.78, 5) is 0. The van der Waals surface area contributed by atoms with Crippen LogP contribution in [-0.2, 0) is 0 Å². The molecule has 1 aromatic carbocycles. The van der Waals surface area contributed by atoms with E-state index in [2.05, 4.69) is 0 Å². The molecule has 0 aromatic heterocycles. The molecule has 66 valence electrons. The molecule has 1 rings (SSSR count). The zero-order valence-electron chi connectivity index (χ0n) is 6.61. The minimum atomic E-state index is -2.17. The third kappa shape index (κ3) is 7.56. The fourth-order valence-electron chi connectivity index (χ4n) is 0.606. The Morgan fingerprint density at radius 2 is 1.75 bits per heavy atom. The molecule has 5 heteroatoms. The van der Waals surface area contributed by atoms with Gasteiger partial charge in [0.05, 0.1) is 0 Å². The maximum Gasteiger partial charge on any atom is 0.631 e. The molecule has 0 fully saturated rings. The smallest absolute Gasteiger partial charge is 0.402 e. The van der Waals surface area contributed by atoms with Gasteiger partial charge in [-0.05, 0) is 24.6 Å². The van der Waals surface area contributed by atoms with E-state index < -0.39 is 7.32 Å². The van der Waals surface area contributed by atoms with Gasteiger partial charge in [0.1, 0.15) is 0 Å². The van der Waals surface area contributed by atoms with Crippen LogP contribution in [0.15, 0.2) is 24.3 Å². The molecule has 0 spiro atoms. The third-order valence-corrected chi connectivity index (χ3v) is 1.22. The van der Waals surface area contributed by atoms with E-state index in [9.17, 15) is 0 Å². The first-order valence-electron chi connectivity index (χ1n) is 3.28. The second kappa shape index (κ2) is 6.02. The number of rotatable bonds is 0. The molecule has 0 aliphatic carbocycles. The van der Waals surface area contributed by atoms with Crippen LogP contribution in [0.1, 0.15) is 5.56 Å². The van der Waals surface area contributed by atoms with Gasteiger partial charge in [0.2, 0.25) is 0 Å². The number of aryl methyl sites for hydroxylation is 1. The van der Waals surface area contributed by atoms with Crippen LogP contribution in [-0.4, -0.2) is 22.4 Å². The summed E-state index contributed by atoms with van der Waals surface area (Å²) in [6.45, 7) is 2.02. The Morgan fingerprint density at radius 1 is 1.25 bits per heavy atom. The Morgan fingerprint density at radius 3 is 2.00 bits per heavy atom. The highest BCUT2D eigenvalue weighted by Gasteiger charge is 1.92. The Hall–Kier alpha value is -0.545. The van der Waals surface area contributed by atoms with Crippen molar-refractivity contribution in [3.05, 3.63) is 34.9 Å². The van der Waals surface area contributed by atoms with E-state index in [1.54, 1.807) is 0 Å². The van der Waals surface area contributed by atoms with Gasteiger partial charge in [0.25, 0.3) is 0 Å². The van der Waals surface area contributed by atoms with Crippen LogP contribution in [0.2, 0.25) is 5.02 Å². The number of hydrogen-bond donors (Lipinski definition) is 3. The van der Waals surface area contributed by atoms with Crippen LogP contribution in [0.25, 0.3) is 0 Å². The lowest BCUT2D eigenvalue weighted by atomic mass is 10.2. The highest BCUT2D eigenvalue weighted by molar-refractivity contribution is 6.30. The Bertz CT molecular complexity index is 210. The zero-order chi connectivity index (χ0) is 9.56. The lowest BCUT2D eigenvalue weighted by Crippen LogP contribution is -2.07. The molecule has 0 unspecified atom stereocenters. The molecule has 0 amide bonds. The van der Waals surface area contributed by atoms with Crippen molar-refractivity contribution in [1.82, 2.24) is 0 Å². The first-order valence-corrected chi connectivity index (χ1v) is 3.66. The van der Waals surface area contributed by atoms with Gasteiger partial charge in [-0.3, -0.25) is 0 Å². The van der Waals surface area contributed by atoms with Gasteiger partial charge in [-0.1, -0.05) is 23.7 Å². The Kier molecular flexibility index (Phi) is 5.75. The molecular formula is C7H10BClO3. The van der Waals surface area contributed by atoms with Crippen molar-refractivity contribution >= 4 is 18.9 Å². The molecule has 0 heterocycles. The number of halogens is 1. The normalized spacial score (nSPS) is 8.42. The predicted octanol–water partition coefficient (Wildman–Crippen LogP) is 0.597. The monoisotopic (exact) mass is 188 g/mol. The van der Waals surface area contributed by atoms with Crippen molar-refractivity contribution in [3.8, 4) is 0 Å². The summed E-state index contributed by atoms with van der Waals surface area (Å²) in [5.41, 5.74) is 1.21. The molecule has 0 saturated heterocycles. The predicted molar refractivity (Wildman–Crippen MR) is 48.6 cm³/mol. The van der Waals surface area contributed by atoms with Crippen molar-refractivity contribution in [3.63, 3.8) is 0 Å². The van der Waals surface area contributed by atoms with Gasteiger partial charge in [-0.2, -0.15) is 0 Å². The maximum atomic E-state index is 7.17. The van der Waals surface area contributed by atoms with Crippen LogP contribution in [0.3, 0.4) is 0 Å². The van der Waals surface area contributed by atoms with E-state index in [-0.39, 0.29) is 0 Å². The second-order valence-corrected chi connectivity index (χ2v) is 2.58. The molecular weight excluding hydrogens is 178 g/mol. The van der Waals surface area contributed by atoms with Crippen molar-refractivity contribution in [1.29, 1.82) is 0 Å². The van der Waals surface area contributed by atoms with E-state index in [1.807, 2.05) is 31.2 Å². The topological polar surface area (TPSA) is 60.7 Å².